The maximum absolute atomic E-state index is 12.6. The van der Waals surface area contributed by atoms with Crippen molar-refractivity contribution in [1.29, 1.82) is 0 Å². The number of rotatable bonds is 4. The maximum Gasteiger partial charge on any atom is 0.161 e. The molecule has 0 aliphatic heterocycles. The summed E-state index contributed by atoms with van der Waals surface area (Å²) in [6, 6.07) is 32.3. The molecule has 22 atom stereocenters. The molecule has 5 aromatic rings. The van der Waals surface area contributed by atoms with Gasteiger partial charge in [0.05, 0.1) is 34.5 Å². The smallest absolute Gasteiger partial charge is 0.161 e. The largest absolute Gasteiger partial charge is 0.508 e. The fraction of sp³-hybridized carbons (Fsp3) is 0.600. The van der Waals surface area contributed by atoms with Crippen molar-refractivity contribution in [3.63, 3.8) is 0 Å². The minimum Gasteiger partial charge on any atom is -0.508 e. The number of phenolic OH excluding ortho intramolecular Hbond substituents is 1. The molecule has 0 heterocycles. The fourth-order valence-electron chi connectivity index (χ4n) is 26.7. The first-order valence-corrected chi connectivity index (χ1v) is 41.2. The van der Waals surface area contributed by atoms with Crippen LogP contribution in [-0.4, -0.2) is 67.9 Å². The van der Waals surface area contributed by atoms with Gasteiger partial charge in [-0.3, -0.25) is 19.2 Å². The second kappa shape index (κ2) is 28.0. The van der Waals surface area contributed by atoms with Gasteiger partial charge in [0.25, 0.3) is 0 Å². The first-order valence-electron chi connectivity index (χ1n) is 41.2. The number of aryl methyl sites for hydroxylation is 5. The Morgan fingerprint density at radius 1 is 0.371 bits per heavy atom. The lowest BCUT2D eigenvalue weighted by molar-refractivity contribution is -0.131. The number of benzene rings is 5. The van der Waals surface area contributed by atoms with E-state index >= 15 is 0 Å². The highest BCUT2D eigenvalue weighted by Gasteiger charge is 2.60. The van der Waals surface area contributed by atoms with Gasteiger partial charge in [-0.2, -0.15) is 0 Å². The predicted octanol–water partition coefficient (Wildman–Crippen LogP) is 19.9. The van der Waals surface area contributed by atoms with Crippen molar-refractivity contribution >= 4 is 23.1 Å². The second-order valence-corrected chi connectivity index (χ2v) is 36.9. The molecule has 8 fully saturated rings. The van der Waals surface area contributed by atoms with Gasteiger partial charge in [0.15, 0.2) is 5.78 Å². The van der Waals surface area contributed by atoms with Crippen LogP contribution < -0.4 is 18.9 Å². The fourth-order valence-corrected chi connectivity index (χ4v) is 26.7. The van der Waals surface area contributed by atoms with E-state index in [9.17, 15) is 29.4 Å². The molecule has 15 aliphatic rings. The Balaban J connectivity index is 0.000000101. The molecule has 0 radical (unpaired) electrons. The summed E-state index contributed by atoms with van der Waals surface area (Å²) < 4.78 is 21.5. The van der Waals surface area contributed by atoms with E-state index in [-0.39, 0.29) is 39.1 Å². The Morgan fingerprint density at radius 2 is 0.733 bits per heavy atom. The highest BCUT2D eigenvalue weighted by atomic mass is 16.5. The maximum atomic E-state index is 12.6. The van der Waals surface area contributed by atoms with Gasteiger partial charge in [-0.25, -0.2) is 0 Å². The van der Waals surface area contributed by atoms with Crippen LogP contribution in [0, 0.1) is 92.2 Å². The van der Waals surface area contributed by atoms with Crippen LogP contribution in [-0.2, 0) is 51.3 Å². The minimum atomic E-state index is -0.249. The third kappa shape index (κ3) is 12.2. The number of methoxy groups -OCH3 is 4. The number of hydrogen-bond donors (Lipinski definition) is 2. The van der Waals surface area contributed by atoms with Crippen molar-refractivity contribution < 1.29 is 48.3 Å². The van der Waals surface area contributed by atoms with Crippen molar-refractivity contribution in [2.45, 2.75) is 238 Å². The second-order valence-electron chi connectivity index (χ2n) is 36.9. The molecule has 15 aliphatic carbocycles. The third-order valence-corrected chi connectivity index (χ3v) is 32.6. The van der Waals surface area contributed by atoms with E-state index < -0.39 is 0 Å². The number of carbonyl (C=O) groups excluding carboxylic acids is 4. The number of Topliss-reactive ketones (excluding diaryl/α,β-unsaturated/α-hetero) is 3. The van der Waals surface area contributed by atoms with E-state index in [0.717, 1.165) is 138 Å². The van der Waals surface area contributed by atoms with Crippen LogP contribution in [0.5, 0.6) is 28.7 Å². The van der Waals surface area contributed by atoms with Crippen LogP contribution in [0.15, 0.2) is 115 Å². The van der Waals surface area contributed by atoms with E-state index in [0.29, 0.717) is 112 Å². The molecule has 0 spiro atoms. The lowest BCUT2D eigenvalue weighted by atomic mass is 9.55. The van der Waals surface area contributed by atoms with Crippen LogP contribution in [0.2, 0.25) is 0 Å². The number of ketones is 4. The third-order valence-electron chi connectivity index (χ3n) is 32.6. The number of aliphatic hydroxyl groups excluding tert-OH is 1. The SMILES string of the molecule is COc1ccc2c(c1)CCC1C2CC[C@@]2(C)C1C=C[C@@H]2O.COc1ccc2c(c1)CCC1C2CC[C@]2(C)C(=O)C(C)CC12.COc1ccc2c(c1)CCC1C2CC[C@]2(C)C(=O)C=CC12.COc1ccc2c(c1)CCC1C2CC[C@]2(C)C(=O)CCC12.C[C@]12CCC3c4ccc(O)cc4CCC3C1CCC2=O. The number of ether oxygens (including phenoxy) is 4. The Kier molecular flexibility index (Phi) is 19.3. The summed E-state index contributed by atoms with van der Waals surface area (Å²) in [4.78, 5) is 49.5. The molecule has 8 saturated carbocycles. The Morgan fingerprint density at radius 3 is 1.17 bits per heavy atom. The summed E-state index contributed by atoms with van der Waals surface area (Å²) in [6.07, 6.45) is 36.0. The average molecular weight is 1420 g/mol. The summed E-state index contributed by atoms with van der Waals surface area (Å²) in [5.41, 5.74) is 14.6. The molecule has 5 aromatic carbocycles. The number of allylic oxidation sites excluding steroid dienone is 3. The van der Waals surface area contributed by atoms with E-state index in [1.807, 2.05) is 24.3 Å². The topological polar surface area (TPSA) is 146 Å². The zero-order chi connectivity index (χ0) is 73.2. The average Bonchev–Trinajstić information content (AvgIpc) is 1.67. The molecule has 0 aromatic heterocycles. The first-order chi connectivity index (χ1) is 50.5. The predicted molar refractivity (Wildman–Crippen MR) is 414 cm³/mol. The molecule has 0 saturated heterocycles. The zero-order valence-electron chi connectivity index (χ0n) is 64.6. The number of carbonyl (C=O) groups is 4. The minimum absolute atomic E-state index is 0.00879. The summed E-state index contributed by atoms with van der Waals surface area (Å²) in [7, 11) is 6.95. The van der Waals surface area contributed by atoms with Crippen LogP contribution >= 0.6 is 0 Å². The molecule has 0 bridgehead atoms. The van der Waals surface area contributed by atoms with Crippen LogP contribution in [0.1, 0.15) is 255 Å². The van der Waals surface area contributed by atoms with Gasteiger partial charge in [-0.1, -0.05) is 90.1 Å². The summed E-state index contributed by atoms with van der Waals surface area (Å²) in [5, 5.41) is 20.0. The summed E-state index contributed by atoms with van der Waals surface area (Å²) in [6.45, 7) is 13.3. The first kappa shape index (κ1) is 72.4. The molecule has 105 heavy (non-hydrogen) atoms. The van der Waals surface area contributed by atoms with Crippen molar-refractivity contribution in [2.24, 2.45) is 92.2 Å². The summed E-state index contributed by atoms with van der Waals surface area (Å²) >= 11 is 0. The van der Waals surface area contributed by atoms with Crippen molar-refractivity contribution in [2.75, 3.05) is 28.4 Å². The molecule has 10 heteroatoms. The molecule has 558 valence electrons. The normalized spacial score (nSPS) is 38.8. The molecular weight excluding hydrogens is 1300 g/mol. The lowest BCUT2D eigenvalue weighted by Crippen LogP contribution is -2.44. The Labute approximate surface area is 626 Å². The van der Waals surface area contributed by atoms with Crippen molar-refractivity contribution in [3.8, 4) is 28.7 Å². The number of aromatic hydroxyl groups is 1. The van der Waals surface area contributed by atoms with Gasteiger partial charge in [-0.15, -0.1) is 0 Å². The van der Waals surface area contributed by atoms with Gasteiger partial charge in [0.1, 0.15) is 46.1 Å². The van der Waals surface area contributed by atoms with Crippen LogP contribution in [0.4, 0.5) is 0 Å². The van der Waals surface area contributed by atoms with Crippen molar-refractivity contribution in [1.82, 2.24) is 0 Å². The van der Waals surface area contributed by atoms with Gasteiger partial charge in [-0.05, 0) is 359 Å². The Hall–Kier alpha value is -6.78. The van der Waals surface area contributed by atoms with Gasteiger partial charge >= 0.3 is 0 Å². The van der Waals surface area contributed by atoms with E-state index in [1.165, 1.54) is 107 Å². The van der Waals surface area contributed by atoms with Gasteiger partial charge in [0.2, 0.25) is 0 Å². The van der Waals surface area contributed by atoms with Crippen LogP contribution in [0.3, 0.4) is 0 Å². The highest BCUT2D eigenvalue weighted by Crippen LogP contribution is 2.65. The molecule has 20 rings (SSSR count). The number of fused-ring (bicyclic) bond motifs is 25. The molecule has 0 amide bonds. The Bertz CT molecular complexity index is 4250. The molecular formula is C95H118O10. The molecule has 2 N–H and O–H groups in total. The van der Waals surface area contributed by atoms with E-state index in [2.05, 4.69) is 133 Å². The van der Waals surface area contributed by atoms with Gasteiger partial charge < -0.3 is 29.2 Å². The quantitative estimate of drug-likeness (QED) is 0.167. The summed E-state index contributed by atoms with van der Waals surface area (Å²) in [5.74, 6) is 15.9. The van der Waals surface area contributed by atoms with E-state index in [1.54, 1.807) is 28.4 Å². The number of phenols is 1. The number of hydrogen-bond acceptors (Lipinski definition) is 10. The molecule has 10 nitrogen and oxygen atoms in total. The highest BCUT2D eigenvalue weighted by molar-refractivity contribution is 5.97. The standard InChI is InChI=1S/C20H26O2.2C19H24O2.C19H22O2.C18H22O2/c1-12-10-18-17-6-4-13-11-14(22-3)5-7-15(13)16(17)8-9-20(18,2)19(12)21;3*1-19-10-9-15-14-6-4-13(21-2)11-12(14)3-5-16(15)17(19)7-8-18(19)20;1-18-9-8-14-13-5-3-12(19)10-11(13)2-4-15(14)16(18)6-7-17(18)20/h5,7,11-12,16-18H,4,6,8-10H2,1-3H3;4,6,11,15-17H,3,5,7-10H2,1-2H3;4,6-8,11,15-18,20H,3,5,9-10H2,1-2H3;4,6-8,11,15-17H,3,5,9-10H2,1-2H3;3,5,10,14-16,19H,2,4,6-9H2,1H3/t12?,16?,17?,18?,20-;15?,16?,17?,19-;15?,16?,17?,18-,19-;15?,16?,17?,19-;14?,15?,16?,18-/m00000/s1. The van der Waals surface area contributed by atoms with Crippen LogP contribution in [0.25, 0.3) is 0 Å². The molecule has 16 unspecified atom stereocenters. The lowest BCUT2D eigenvalue weighted by Gasteiger charge is -2.50. The van der Waals surface area contributed by atoms with Gasteiger partial charge in [0, 0.05) is 45.8 Å². The van der Waals surface area contributed by atoms with E-state index in [4.69, 9.17) is 18.9 Å². The monoisotopic (exact) mass is 1420 g/mol. The number of aliphatic hydroxyl groups is 1. The van der Waals surface area contributed by atoms with Crippen molar-refractivity contribution in [3.05, 3.63) is 171 Å². The zero-order valence-corrected chi connectivity index (χ0v) is 64.6.